The molecule has 0 radical (unpaired) electrons. The molecule has 1 aromatic heterocycles. The number of carbonyl (C=O) groups is 3. The molecular formula is C23H20ClN3O3S. The van der Waals surface area contributed by atoms with Crippen LogP contribution >= 0.6 is 22.9 Å². The van der Waals surface area contributed by atoms with Gasteiger partial charge in [0.25, 0.3) is 5.91 Å². The third-order valence-electron chi connectivity index (χ3n) is 5.02. The van der Waals surface area contributed by atoms with Crippen LogP contribution in [0.4, 0.5) is 16.2 Å². The van der Waals surface area contributed by atoms with Gasteiger partial charge in [-0.3, -0.25) is 9.59 Å². The summed E-state index contributed by atoms with van der Waals surface area (Å²) in [4.78, 5) is 42.8. The summed E-state index contributed by atoms with van der Waals surface area (Å²) in [6.07, 6.45) is 0.496. The summed E-state index contributed by atoms with van der Waals surface area (Å²) in [5, 5.41) is 5.31. The molecule has 1 aliphatic heterocycles. The minimum absolute atomic E-state index is 0.124. The van der Waals surface area contributed by atoms with Crippen molar-refractivity contribution in [1.82, 2.24) is 4.90 Å². The van der Waals surface area contributed by atoms with Crippen molar-refractivity contribution in [2.24, 2.45) is 0 Å². The first kappa shape index (κ1) is 21.1. The maximum Gasteiger partial charge on any atom is 0.332 e. The topological polar surface area (TPSA) is 69.7 Å². The van der Waals surface area contributed by atoms with Gasteiger partial charge in [0.2, 0.25) is 5.91 Å². The van der Waals surface area contributed by atoms with Gasteiger partial charge in [-0.2, -0.15) is 0 Å². The van der Waals surface area contributed by atoms with E-state index in [-0.39, 0.29) is 12.3 Å². The summed E-state index contributed by atoms with van der Waals surface area (Å²) in [5.41, 5.74) is 1.08. The van der Waals surface area contributed by atoms with E-state index in [1.807, 2.05) is 23.6 Å². The molecule has 0 aliphatic carbocycles. The van der Waals surface area contributed by atoms with E-state index in [0.29, 0.717) is 29.4 Å². The number of rotatable bonds is 7. The van der Waals surface area contributed by atoms with Crippen LogP contribution in [0.15, 0.2) is 72.1 Å². The van der Waals surface area contributed by atoms with Crippen molar-refractivity contribution in [2.75, 3.05) is 16.8 Å². The Kier molecular flexibility index (Phi) is 6.34. The second-order valence-electron chi connectivity index (χ2n) is 7.09. The van der Waals surface area contributed by atoms with Gasteiger partial charge in [-0.15, -0.1) is 11.3 Å². The number of anilines is 2. The molecule has 0 bridgehead atoms. The molecule has 2 heterocycles. The predicted octanol–water partition coefficient (Wildman–Crippen LogP) is 4.81. The molecule has 0 saturated carbocycles. The highest BCUT2D eigenvalue weighted by Gasteiger charge is 2.46. The van der Waals surface area contributed by atoms with Crippen LogP contribution in [-0.2, 0) is 16.0 Å². The summed E-state index contributed by atoms with van der Waals surface area (Å²) >= 11 is 7.48. The highest BCUT2D eigenvalue weighted by atomic mass is 35.5. The van der Waals surface area contributed by atoms with Crippen molar-refractivity contribution in [1.29, 1.82) is 0 Å². The van der Waals surface area contributed by atoms with Gasteiger partial charge in [0.1, 0.15) is 6.04 Å². The van der Waals surface area contributed by atoms with Crippen LogP contribution in [-0.4, -0.2) is 35.3 Å². The normalized spacial score (nSPS) is 16.1. The monoisotopic (exact) mass is 453 g/mol. The van der Waals surface area contributed by atoms with Crippen LogP contribution in [0.3, 0.4) is 0 Å². The van der Waals surface area contributed by atoms with Crippen molar-refractivity contribution in [2.45, 2.75) is 18.9 Å². The van der Waals surface area contributed by atoms with Gasteiger partial charge in [0.05, 0.1) is 12.1 Å². The molecule has 1 saturated heterocycles. The largest absolute Gasteiger partial charge is 0.332 e. The lowest BCUT2D eigenvalue weighted by atomic mass is 10.1. The van der Waals surface area contributed by atoms with E-state index in [1.165, 1.54) is 4.90 Å². The van der Waals surface area contributed by atoms with Crippen LogP contribution in [0.25, 0.3) is 0 Å². The molecule has 31 heavy (non-hydrogen) atoms. The fraction of sp³-hybridized carbons (Fsp3) is 0.174. The van der Waals surface area contributed by atoms with Gasteiger partial charge in [0.15, 0.2) is 0 Å². The van der Waals surface area contributed by atoms with Crippen molar-refractivity contribution in [3.63, 3.8) is 0 Å². The highest BCUT2D eigenvalue weighted by Crippen LogP contribution is 2.27. The summed E-state index contributed by atoms with van der Waals surface area (Å²) in [5.74, 6) is -0.738. The smallest absolute Gasteiger partial charge is 0.326 e. The zero-order valence-corrected chi connectivity index (χ0v) is 18.1. The first-order valence-electron chi connectivity index (χ1n) is 9.80. The molecule has 6 nitrogen and oxygen atoms in total. The number of urea groups is 1. The van der Waals surface area contributed by atoms with E-state index < -0.39 is 18.0 Å². The molecule has 8 heteroatoms. The SMILES string of the molecule is O=C(C[C@H]1C(=O)N(c2ccccc2)C(=O)N1CCc1cccs1)Nc1ccc(Cl)cc1. The Labute approximate surface area is 189 Å². The number of nitrogens with zero attached hydrogens (tertiary/aromatic N) is 2. The quantitative estimate of drug-likeness (QED) is 0.522. The lowest BCUT2D eigenvalue weighted by Crippen LogP contribution is -2.39. The van der Waals surface area contributed by atoms with Crippen LogP contribution < -0.4 is 10.2 Å². The Bertz CT molecular complexity index is 1070. The number of imide groups is 1. The van der Waals surface area contributed by atoms with E-state index in [4.69, 9.17) is 11.6 Å². The summed E-state index contributed by atoms with van der Waals surface area (Å²) < 4.78 is 0. The van der Waals surface area contributed by atoms with Crippen molar-refractivity contribution >= 4 is 52.2 Å². The molecule has 0 unspecified atom stereocenters. The van der Waals surface area contributed by atoms with E-state index in [0.717, 1.165) is 9.78 Å². The third-order valence-corrected chi connectivity index (χ3v) is 6.21. The van der Waals surface area contributed by atoms with E-state index in [1.54, 1.807) is 59.9 Å². The minimum atomic E-state index is -0.861. The van der Waals surface area contributed by atoms with E-state index in [9.17, 15) is 14.4 Å². The molecule has 1 atom stereocenters. The van der Waals surface area contributed by atoms with Crippen molar-refractivity contribution < 1.29 is 14.4 Å². The molecule has 4 amide bonds. The molecule has 1 aliphatic rings. The molecule has 2 aromatic carbocycles. The number of hydrogen-bond acceptors (Lipinski definition) is 4. The average Bonchev–Trinajstić information content (AvgIpc) is 3.36. The zero-order valence-electron chi connectivity index (χ0n) is 16.5. The maximum atomic E-state index is 13.2. The Morgan fingerprint density at radius 3 is 2.42 bits per heavy atom. The van der Waals surface area contributed by atoms with Gasteiger partial charge >= 0.3 is 6.03 Å². The second-order valence-corrected chi connectivity index (χ2v) is 8.56. The molecule has 1 fully saturated rings. The Morgan fingerprint density at radius 1 is 1.00 bits per heavy atom. The maximum absolute atomic E-state index is 13.2. The minimum Gasteiger partial charge on any atom is -0.326 e. The summed E-state index contributed by atoms with van der Waals surface area (Å²) in [6, 6.07) is 18.2. The van der Waals surface area contributed by atoms with Gasteiger partial charge in [-0.25, -0.2) is 9.69 Å². The molecule has 158 valence electrons. The molecule has 1 N–H and O–H groups in total. The lowest BCUT2D eigenvalue weighted by Gasteiger charge is -2.21. The van der Waals surface area contributed by atoms with Gasteiger partial charge in [0, 0.05) is 22.1 Å². The number of carbonyl (C=O) groups excluding carboxylic acids is 3. The number of para-hydroxylation sites is 1. The number of hydrogen-bond donors (Lipinski definition) is 1. The van der Waals surface area contributed by atoms with E-state index >= 15 is 0 Å². The second kappa shape index (κ2) is 9.32. The van der Waals surface area contributed by atoms with Crippen molar-refractivity contribution in [3.8, 4) is 0 Å². The number of nitrogens with one attached hydrogen (secondary N) is 1. The fourth-order valence-electron chi connectivity index (χ4n) is 3.51. The van der Waals surface area contributed by atoms with Crippen LogP contribution in [0.1, 0.15) is 11.3 Å². The summed E-state index contributed by atoms with van der Waals surface area (Å²) in [6.45, 7) is 0.354. The third kappa shape index (κ3) is 4.78. The lowest BCUT2D eigenvalue weighted by molar-refractivity contribution is -0.124. The first-order chi connectivity index (χ1) is 15.0. The Balaban J connectivity index is 1.53. The number of thiophene rings is 1. The predicted molar refractivity (Wildman–Crippen MR) is 123 cm³/mol. The van der Waals surface area contributed by atoms with Crippen LogP contribution in [0, 0.1) is 0 Å². The highest BCUT2D eigenvalue weighted by molar-refractivity contribution is 7.09. The number of benzene rings is 2. The number of amides is 4. The first-order valence-corrected chi connectivity index (χ1v) is 11.1. The molecule has 4 rings (SSSR count). The molecule has 0 spiro atoms. The van der Waals surface area contributed by atoms with Gasteiger partial charge in [-0.1, -0.05) is 35.9 Å². The van der Waals surface area contributed by atoms with E-state index in [2.05, 4.69) is 5.32 Å². The van der Waals surface area contributed by atoms with Gasteiger partial charge in [-0.05, 0) is 54.3 Å². The molecule has 3 aromatic rings. The van der Waals surface area contributed by atoms with Crippen LogP contribution in [0.2, 0.25) is 5.02 Å². The summed E-state index contributed by atoms with van der Waals surface area (Å²) in [7, 11) is 0. The number of halogens is 1. The molecular weight excluding hydrogens is 434 g/mol. The average molecular weight is 454 g/mol. The van der Waals surface area contributed by atoms with Crippen LogP contribution in [0.5, 0.6) is 0 Å². The zero-order chi connectivity index (χ0) is 21.8. The fourth-order valence-corrected chi connectivity index (χ4v) is 4.33. The van der Waals surface area contributed by atoms with Gasteiger partial charge < -0.3 is 10.2 Å². The van der Waals surface area contributed by atoms with Crippen molar-refractivity contribution in [3.05, 3.63) is 82.0 Å². The standard InChI is InChI=1S/C23H20ClN3O3S/c24-16-8-10-17(11-9-16)25-21(28)15-20-22(29)27(18-5-2-1-3-6-18)23(30)26(20)13-12-19-7-4-14-31-19/h1-11,14,20H,12-13,15H2,(H,25,28)/t20-/m0/s1. The Hall–Kier alpha value is -3.16. The Morgan fingerprint density at radius 2 is 1.74 bits per heavy atom.